The summed E-state index contributed by atoms with van der Waals surface area (Å²) in [6.07, 6.45) is -1.98. The van der Waals surface area contributed by atoms with Crippen molar-refractivity contribution in [3.63, 3.8) is 0 Å². The van der Waals surface area contributed by atoms with Crippen molar-refractivity contribution in [1.82, 2.24) is 9.55 Å². The van der Waals surface area contributed by atoms with E-state index in [4.69, 9.17) is 8.48 Å². The highest BCUT2D eigenvalue weighted by atomic mass is 19.4. The molecule has 0 aliphatic carbocycles. The van der Waals surface area contributed by atoms with Crippen molar-refractivity contribution in [2.45, 2.75) is 12.9 Å². The van der Waals surface area contributed by atoms with Crippen LogP contribution in [0.1, 0.15) is 8.30 Å². The number of hydrogen-bond donors (Lipinski definition) is 3. The van der Waals surface area contributed by atoms with E-state index in [9.17, 15) is 18.0 Å². The number of benzene rings is 2. The summed E-state index contributed by atoms with van der Waals surface area (Å²) in [6.45, 7) is -1.98. The predicted octanol–water partition coefficient (Wildman–Crippen LogP) is 5.21. The average molecular weight is 443 g/mol. The van der Waals surface area contributed by atoms with E-state index in [1.165, 1.54) is 47.3 Å². The summed E-state index contributed by atoms with van der Waals surface area (Å²) in [6, 6.07) is 13.8. The zero-order chi connectivity index (χ0) is 24.5. The molecule has 4 rings (SSSR count). The first-order chi connectivity index (χ1) is 16.0. The number of nitrogens with zero attached hydrogens (tertiary/aromatic N) is 2. The molecule has 0 radical (unpaired) electrons. The van der Waals surface area contributed by atoms with Crippen molar-refractivity contribution < 1.29 is 25.4 Å². The van der Waals surface area contributed by atoms with E-state index in [2.05, 4.69) is 20.4 Å². The Morgan fingerprint density at radius 2 is 1.84 bits per heavy atom. The van der Waals surface area contributed by atoms with Gasteiger partial charge in [-0.05, 0) is 48.0 Å². The fourth-order valence-electron chi connectivity index (χ4n) is 3.09. The Hall–Kier alpha value is -4.21. The maximum Gasteiger partial charge on any atom is 0.573 e. The van der Waals surface area contributed by atoms with Crippen LogP contribution in [0.3, 0.4) is 0 Å². The van der Waals surface area contributed by atoms with E-state index in [0.29, 0.717) is 16.6 Å². The minimum absolute atomic E-state index is 0.173. The summed E-state index contributed by atoms with van der Waals surface area (Å²) >= 11 is 0. The Balaban J connectivity index is 1.60. The molecule has 2 aromatic heterocycles. The van der Waals surface area contributed by atoms with Gasteiger partial charge in [0.15, 0.2) is 5.75 Å². The van der Waals surface area contributed by atoms with Gasteiger partial charge in [0.1, 0.15) is 5.82 Å². The summed E-state index contributed by atoms with van der Waals surface area (Å²) in [5, 5.41) is 5.44. The number of ether oxygens (including phenoxy) is 1. The molecule has 7 nitrogen and oxygen atoms in total. The number of hydrogen-bond acceptors (Lipinski definition) is 4. The summed E-state index contributed by atoms with van der Waals surface area (Å²) in [5.74, 6) is -0.383. The van der Waals surface area contributed by atoms with Crippen LogP contribution >= 0.6 is 0 Å². The van der Waals surface area contributed by atoms with Crippen LogP contribution in [0.2, 0.25) is 0 Å². The number of pyridine rings is 1. The fraction of sp³-hybridized carbons (Fsp3) is 0.0909. The number of aromatic nitrogens is 2. The molecular weight excluding hydrogens is 423 g/mol. The van der Waals surface area contributed by atoms with Gasteiger partial charge in [-0.15, -0.1) is 13.2 Å². The number of urea groups is 1. The lowest BCUT2D eigenvalue weighted by atomic mass is 10.2. The quantitative estimate of drug-likeness (QED) is 0.395. The number of amides is 2. The second kappa shape index (κ2) is 8.50. The molecule has 4 aromatic rings. The molecule has 0 unspecified atom stereocenters. The summed E-state index contributed by atoms with van der Waals surface area (Å²) in [5.41, 5.74) is 6.61. The van der Waals surface area contributed by atoms with Gasteiger partial charge in [0.2, 0.25) is 0 Å². The van der Waals surface area contributed by atoms with E-state index in [1.807, 2.05) is 0 Å². The number of para-hydroxylation sites is 2. The maximum absolute atomic E-state index is 12.6. The zero-order valence-corrected chi connectivity index (χ0v) is 16.4. The number of nitrogens with two attached hydrogens (primary N) is 1. The van der Waals surface area contributed by atoms with Gasteiger partial charge in [-0.25, -0.2) is 9.78 Å². The van der Waals surface area contributed by atoms with Crippen LogP contribution in [0.4, 0.5) is 35.2 Å². The molecule has 0 aliphatic rings. The summed E-state index contributed by atoms with van der Waals surface area (Å²) < 4.78 is 60.4. The third-order valence-electron chi connectivity index (χ3n) is 4.37. The lowest BCUT2D eigenvalue weighted by molar-refractivity contribution is -0.274. The number of anilines is 3. The number of carbonyl (C=O) groups excluding carboxylic acids is 1. The van der Waals surface area contributed by atoms with E-state index in [0.717, 1.165) is 6.07 Å². The zero-order valence-electron chi connectivity index (χ0n) is 18.4. The molecule has 32 heavy (non-hydrogen) atoms. The number of alkyl halides is 3. The van der Waals surface area contributed by atoms with Crippen LogP contribution in [-0.4, -0.2) is 21.9 Å². The molecular formula is C22H18F3N5O2. The van der Waals surface area contributed by atoms with Gasteiger partial charge in [-0.3, -0.25) is 0 Å². The SMILES string of the molecule is [2H]C([2H])(c1ccnc(N)c1)n1ccc2c(NC(=O)Nc3ccccc3OC(F)(F)F)cccc21. The monoisotopic (exact) mass is 443 g/mol. The number of nitrogen functional groups attached to an aromatic ring is 1. The lowest BCUT2D eigenvalue weighted by Gasteiger charge is -2.14. The van der Waals surface area contributed by atoms with Gasteiger partial charge >= 0.3 is 12.4 Å². The number of fused-ring (bicyclic) bond motifs is 1. The van der Waals surface area contributed by atoms with E-state index < -0.39 is 24.6 Å². The van der Waals surface area contributed by atoms with E-state index in [-0.39, 0.29) is 17.1 Å². The molecule has 10 heteroatoms. The van der Waals surface area contributed by atoms with Crippen molar-refractivity contribution in [3.8, 4) is 5.75 Å². The summed E-state index contributed by atoms with van der Waals surface area (Å²) in [7, 11) is 0. The minimum Gasteiger partial charge on any atom is -0.404 e. The highest BCUT2D eigenvalue weighted by molar-refractivity contribution is 6.06. The molecule has 0 atom stereocenters. The van der Waals surface area contributed by atoms with Gasteiger partial charge < -0.3 is 25.7 Å². The lowest BCUT2D eigenvalue weighted by Crippen LogP contribution is -2.22. The van der Waals surface area contributed by atoms with Crippen molar-refractivity contribution >= 4 is 34.1 Å². The molecule has 0 bridgehead atoms. The Labute approximate surface area is 183 Å². The number of nitrogens with one attached hydrogen (secondary N) is 2. The van der Waals surface area contributed by atoms with Crippen molar-refractivity contribution in [1.29, 1.82) is 0 Å². The molecule has 0 fully saturated rings. The van der Waals surface area contributed by atoms with Crippen LogP contribution in [-0.2, 0) is 6.50 Å². The summed E-state index contributed by atoms with van der Waals surface area (Å²) in [4.78, 5) is 16.4. The van der Waals surface area contributed by atoms with E-state index in [1.54, 1.807) is 24.3 Å². The number of halogens is 3. The van der Waals surface area contributed by atoms with Crippen LogP contribution in [0.15, 0.2) is 73.1 Å². The molecule has 2 aromatic carbocycles. The van der Waals surface area contributed by atoms with Gasteiger partial charge in [-0.1, -0.05) is 18.2 Å². The Morgan fingerprint density at radius 1 is 1.09 bits per heavy atom. The van der Waals surface area contributed by atoms with Gasteiger partial charge in [0.25, 0.3) is 0 Å². The average Bonchev–Trinajstić information content (AvgIpc) is 3.20. The minimum atomic E-state index is -4.92. The Morgan fingerprint density at radius 3 is 2.62 bits per heavy atom. The first kappa shape index (κ1) is 18.6. The van der Waals surface area contributed by atoms with Crippen molar-refractivity contribution in [3.05, 3.63) is 78.6 Å². The highest BCUT2D eigenvalue weighted by Gasteiger charge is 2.32. The molecule has 0 spiro atoms. The van der Waals surface area contributed by atoms with Gasteiger partial charge in [0, 0.05) is 24.3 Å². The third-order valence-corrected chi connectivity index (χ3v) is 4.37. The highest BCUT2D eigenvalue weighted by Crippen LogP contribution is 2.30. The molecule has 2 amide bonds. The van der Waals surface area contributed by atoms with E-state index >= 15 is 0 Å². The van der Waals surface area contributed by atoms with Crippen molar-refractivity contribution in [2.75, 3.05) is 16.4 Å². The Bertz CT molecular complexity index is 1360. The van der Waals surface area contributed by atoms with Crippen LogP contribution in [0.5, 0.6) is 5.75 Å². The van der Waals surface area contributed by atoms with Crippen LogP contribution in [0.25, 0.3) is 10.9 Å². The molecule has 0 aliphatic heterocycles. The molecule has 0 saturated carbocycles. The first-order valence-electron chi connectivity index (χ1n) is 10.3. The van der Waals surface area contributed by atoms with Crippen molar-refractivity contribution in [2.24, 2.45) is 0 Å². The first-order valence-corrected chi connectivity index (χ1v) is 9.30. The largest absolute Gasteiger partial charge is 0.573 e. The maximum atomic E-state index is 12.6. The molecule has 0 saturated heterocycles. The second-order valence-electron chi connectivity index (χ2n) is 6.63. The van der Waals surface area contributed by atoms with Crippen LogP contribution < -0.4 is 21.1 Å². The fourth-order valence-corrected chi connectivity index (χ4v) is 3.09. The number of rotatable bonds is 5. The second-order valence-corrected chi connectivity index (χ2v) is 6.63. The molecule has 2 heterocycles. The normalized spacial score (nSPS) is 12.7. The van der Waals surface area contributed by atoms with Gasteiger partial charge in [0.05, 0.1) is 19.6 Å². The topological polar surface area (TPSA) is 94.2 Å². The predicted molar refractivity (Wildman–Crippen MR) is 115 cm³/mol. The third kappa shape index (κ3) is 4.91. The van der Waals surface area contributed by atoms with Crippen LogP contribution in [0, 0.1) is 0 Å². The van der Waals surface area contributed by atoms with Gasteiger partial charge in [-0.2, -0.15) is 0 Å². The molecule has 4 N–H and O–H groups in total. The molecule has 164 valence electrons. The number of carbonyl (C=O) groups is 1. The Kier molecular flexibility index (Phi) is 4.93. The standard InChI is InChI=1S/C22H18F3N5O2/c23-22(24,25)32-19-7-2-1-4-17(19)29-21(31)28-16-5-3-6-18-15(16)9-11-30(18)13-14-8-10-27-20(26)12-14/h1-12H,13H2,(H2,26,27)(H2,28,29,31)/i13D2. The smallest absolute Gasteiger partial charge is 0.404 e.